The number of carbonyl (C=O) groups is 2. The highest BCUT2D eigenvalue weighted by Crippen LogP contribution is 2.29. The first kappa shape index (κ1) is 20.2. The lowest BCUT2D eigenvalue weighted by Crippen LogP contribution is -2.30. The quantitative estimate of drug-likeness (QED) is 0.537. The molecule has 0 fully saturated rings. The molecule has 9 heteroatoms. The number of esters is 1. The zero-order chi connectivity index (χ0) is 20.0. The van der Waals surface area contributed by atoms with Gasteiger partial charge in [-0.1, -0.05) is 18.2 Å². The Morgan fingerprint density at radius 3 is 2.37 bits per heavy atom. The molecule has 8 nitrogen and oxygen atoms in total. The van der Waals surface area contributed by atoms with Crippen LogP contribution >= 0.6 is 0 Å². The minimum Gasteiger partial charge on any atom is -0.490 e. The summed E-state index contributed by atoms with van der Waals surface area (Å²) < 4.78 is 40.5. The minimum absolute atomic E-state index is 0.0229. The van der Waals surface area contributed by atoms with Gasteiger partial charge in [-0.05, 0) is 44.2 Å². The van der Waals surface area contributed by atoms with Crippen molar-refractivity contribution in [3.8, 4) is 11.5 Å². The number of carbonyl (C=O) groups excluding carboxylic acids is 2. The fourth-order valence-corrected chi connectivity index (χ4v) is 3.01. The van der Waals surface area contributed by atoms with Gasteiger partial charge in [0.25, 0.3) is 5.91 Å². The van der Waals surface area contributed by atoms with E-state index >= 15 is 0 Å². The van der Waals surface area contributed by atoms with Crippen LogP contribution in [0.2, 0.25) is 0 Å². The van der Waals surface area contributed by atoms with Gasteiger partial charge >= 0.3 is 16.1 Å². The molecule has 1 amide bonds. The van der Waals surface area contributed by atoms with E-state index in [1.807, 2.05) is 0 Å². The summed E-state index contributed by atoms with van der Waals surface area (Å²) in [6.07, 6.45) is -1.15. The van der Waals surface area contributed by atoms with E-state index in [4.69, 9.17) is 19.4 Å². The fraction of sp³-hybridized carbons (Fsp3) is 0.222. The lowest BCUT2D eigenvalue weighted by molar-refractivity contribution is -0.125. The molecule has 27 heavy (non-hydrogen) atoms. The van der Waals surface area contributed by atoms with Gasteiger partial charge in [-0.3, -0.25) is 4.79 Å². The molecule has 0 radical (unpaired) electrons. The molecule has 0 aromatic heterocycles. The van der Waals surface area contributed by atoms with Crippen molar-refractivity contribution in [3.63, 3.8) is 0 Å². The molecule has 0 spiro atoms. The van der Waals surface area contributed by atoms with E-state index in [-0.39, 0.29) is 22.0 Å². The van der Waals surface area contributed by atoms with Crippen LogP contribution in [0.3, 0.4) is 0 Å². The van der Waals surface area contributed by atoms with Crippen LogP contribution in [0, 0.1) is 0 Å². The van der Waals surface area contributed by atoms with E-state index < -0.39 is 28.1 Å². The molecule has 2 N–H and O–H groups in total. The van der Waals surface area contributed by atoms with E-state index in [1.165, 1.54) is 31.2 Å². The summed E-state index contributed by atoms with van der Waals surface area (Å²) in [5.41, 5.74) is 4.98. The SMILES string of the molecule is CCOc1ccccc1OS(=O)(=O)c1cccc(C(=O)O[C@@H](C)C(N)=O)c1. The molecule has 0 aliphatic rings. The number of para-hydroxylation sites is 2. The van der Waals surface area contributed by atoms with E-state index in [0.29, 0.717) is 6.61 Å². The molecule has 2 rings (SSSR count). The van der Waals surface area contributed by atoms with Crippen molar-refractivity contribution in [2.75, 3.05) is 6.61 Å². The van der Waals surface area contributed by atoms with E-state index in [1.54, 1.807) is 25.1 Å². The molecule has 0 unspecified atom stereocenters. The van der Waals surface area contributed by atoms with Crippen molar-refractivity contribution in [1.29, 1.82) is 0 Å². The Bertz CT molecular complexity index is 940. The average molecular weight is 393 g/mol. The van der Waals surface area contributed by atoms with Crippen molar-refractivity contribution in [1.82, 2.24) is 0 Å². The Labute approximate surface area is 157 Å². The summed E-state index contributed by atoms with van der Waals surface area (Å²) >= 11 is 0. The van der Waals surface area contributed by atoms with Crippen LogP contribution in [0.4, 0.5) is 0 Å². The number of hydrogen-bond donors (Lipinski definition) is 1. The van der Waals surface area contributed by atoms with Crippen LogP contribution in [-0.2, 0) is 19.6 Å². The second-order valence-electron chi connectivity index (χ2n) is 5.39. The molecular weight excluding hydrogens is 374 g/mol. The first-order chi connectivity index (χ1) is 12.7. The Balaban J connectivity index is 2.27. The second kappa shape index (κ2) is 8.54. The van der Waals surface area contributed by atoms with Gasteiger partial charge in [-0.25, -0.2) is 4.79 Å². The topological polar surface area (TPSA) is 122 Å². The predicted octanol–water partition coefficient (Wildman–Crippen LogP) is 1.88. The third kappa shape index (κ3) is 5.20. The molecule has 0 saturated carbocycles. The van der Waals surface area contributed by atoms with Gasteiger partial charge in [0, 0.05) is 0 Å². The lowest BCUT2D eigenvalue weighted by atomic mass is 10.2. The maximum absolute atomic E-state index is 12.6. The van der Waals surface area contributed by atoms with Gasteiger partial charge in [-0.15, -0.1) is 0 Å². The lowest BCUT2D eigenvalue weighted by Gasteiger charge is -2.12. The monoisotopic (exact) mass is 393 g/mol. The highest BCUT2D eigenvalue weighted by Gasteiger charge is 2.22. The summed E-state index contributed by atoms with van der Waals surface area (Å²) in [6.45, 7) is 3.40. The maximum Gasteiger partial charge on any atom is 0.339 e. The molecule has 2 aromatic rings. The van der Waals surface area contributed by atoms with Crippen LogP contribution in [0.25, 0.3) is 0 Å². The molecule has 144 valence electrons. The molecule has 2 aromatic carbocycles. The van der Waals surface area contributed by atoms with Crippen molar-refractivity contribution in [2.45, 2.75) is 24.8 Å². The van der Waals surface area contributed by atoms with Crippen LogP contribution in [0.5, 0.6) is 11.5 Å². The smallest absolute Gasteiger partial charge is 0.339 e. The minimum atomic E-state index is -4.23. The zero-order valence-corrected chi connectivity index (χ0v) is 15.6. The molecule has 1 atom stereocenters. The molecule has 0 bridgehead atoms. The van der Waals surface area contributed by atoms with Crippen LogP contribution < -0.4 is 14.7 Å². The highest BCUT2D eigenvalue weighted by atomic mass is 32.2. The third-order valence-electron chi connectivity index (χ3n) is 3.39. The number of hydrogen-bond acceptors (Lipinski definition) is 7. The van der Waals surface area contributed by atoms with Crippen molar-refractivity contribution >= 4 is 22.0 Å². The number of nitrogens with two attached hydrogens (primary N) is 1. The van der Waals surface area contributed by atoms with Crippen LogP contribution in [-0.4, -0.2) is 33.0 Å². The molecular formula is C18H19NO7S. The standard InChI is InChI=1S/C18H19NO7S/c1-3-24-15-9-4-5-10-16(15)26-27(22,23)14-8-6-7-13(11-14)18(21)25-12(2)17(19)20/h4-12H,3H2,1-2H3,(H2,19,20)/t12-/m0/s1. The fourth-order valence-electron chi connectivity index (χ4n) is 2.03. The Kier molecular flexibility index (Phi) is 6.40. The molecule has 0 aliphatic carbocycles. The number of amides is 1. The van der Waals surface area contributed by atoms with E-state index in [2.05, 4.69) is 0 Å². The number of ether oxygens (including phenoxy) is 2. The predicted molar refractivity (Wildman–Crippen MR) is 95.9 cm³/mol. The Hall–Kier alpha value is -3.07. The summed E-state index contributed by atoms with van der Waals surface area (Å²) in [5, 5.41) is 0. The van der Waals surface area contributed by atoms with Gasteiger partial charge in [0.2, 0.25) is 0 Å². The van der Waals surface area contributed by atoms with E-state index in [0.717, 1.165) is 6.07 Å². The normalized spacial score (nSPS) is 12.1. The van der Waals surface area contributed by atoms with Gasteiger partial charge < -0.3 is 19.4 Å². The van der Waals surface area contributed by atoms with E-state index in [9.17, 15) is 18.0 Å². The highest BCUT2D eigenvalue weighted by molar-refractivity contribution is 7.87. The van der Waals surface area contributed by atoms with Crippen molar-refractivity contribution in [2.24, 2.45) is 5.73 Å². The third-order valence-corrected chi connectivity index (χ3v) is 4.62. The largest absolute Gasteiger partial charge is 0.490 e. The summed E-state index contributed by atoms with van der Waals surface area (Å²) in [7, 11) is -4.23. The summed E-state index contributed by atoms with van der Waals surface area (Å²) in [6, 6.07) is 11.4. The van der Waals surface area contributed by atoms with Gasteiger partial charge in [0.05, 0.1) is 12.2 Å². The first-order valence-corrected chi connectivity index (χ1v) is 9.42. The van der Waals surface area contributed by atoms with Crippen LogP contribution in [0.1, 0.15) is 24.2 Å². The first-order valence-electron chi connectivity index (χ1n) is 8.01. The number of rotatable bonds is 8. The molecule has 0 saturated heterocycles. The average Bonchev–Trinajstić information content (AvgIpc) is 2.63. The summed E-state index contributed by atoms with van der Waals surface area (Å²) in [4.78, 5) is 22.8. The second-order valence-corrected chi connectivity index (χ2v) is 6.94. The number of benzene rings is 2. The van der Waals surface area contributed by atoms with Gasteiger partial charge in [-0.2, -0.15) is 8.42 Å². The zero-order valence-electron chi connectivity index (χ0n) is 14.7. The van der Waals surface area contributed by atoms with Crippen molar-refractivity contribution < 1.29 is 31.7 Å². The Morgan fingerprint density at radius 2 is 1.74 bits per heavy atom. The molecule has 0 aliphatic heterocycles. The van der Waals surface area contributed by atoms with Gasteiger partial charge in [0.1, 0.15) is 4.90 Å². The van der Waals surface area contributed by atoms with Crippen LogP contribution in [0.15, 0.2) is 53.4 Å². The maximum atomic E-state index is 12.6. The Morgan fingerprint density at radius 1 is 1.07 bits per heavy atom. The summed E-state index contributed by atoms with van der Waals surface area (Å²) in [5.74, 6) is -1.40. The van der Waals surface area contributed by atoms with Crippen molar-refractivity contribution in [3.05, 3.63) is 54.1 Å². The molecule has 0 heterocycles. The number of primary amides is 1. The van der Waals surface area contributed by atoms with Gasteiger partial charge in [0.15, 0.2) is 17.6 Å².